The lowest BCUT2D eigenvalue weighted by Crippen LogP contribution is -2.12. The zero-order valence-electron chi connectivity index (χ0n) is 14.3. The molecule has 136 valence electrons. The highest BCUT2D eigenvalue weighted by atomic mass is 79.9. The molecule has 3 rings (SSSR count). The van der Waals surface area contributed by atoms with E-state index in [0.717, 1.165) is 28.7 Å². The van der Waals surface area contributed by atoms with E-state index >= 15 is 0 Å². The predicted molar refractivity (Wildman–Crippen MR) is 111 cm³/mol. The van der Waals surface area contributed by atoms with Crippen LogP contribution in [0.3, 0.4) is 0 Å². The Bertz CT molecular complexity index is 855. The quantitative estimate of drug-likeness (QED) is 0.452. The Morgan fingerprint density at radius 3 is 2.69 bits per heavy atom. The molecule has 26 heavy (non-hydrogen) atoms. The Morgan fingerprint density at radius 2 is 1.96 bits per heavy atom. The van der Waals surface area contributed by atoms with Crippen molar-refractivity contribution >= 4 is 38.9 Å². The van der Waals surface area contributed by atoms with Gasteiger partial charge in [0, 0.05) is 28.6 Å². The topological polar surface area (TPSA) is 30.5 Å². The number of thiophene rings is 1. The van der Waals surface area contributed by atoms with E-state index in [0.29, 0.717) is 23.1 Å². The lowest BCUT2D eigenvalue weighted by atomic mass is 10.2. The molecule has 0 aliphatic heterocycles. The summed E-state index contributed by atoms with van der Waals surface area (Å²) in [5.74, 6) is 1.37. The van der Waals surface area contributed by atoms with Crippen LogP contribution in [-0.2, 0) is 19.7 Å². The fourth-order valence-electron chi connectivity index (χ4n) is 2.52. The molecule has 0 aliphatic rings. The van der Waals surface area contributed by atoms with Crippen molar-refractivity contribution in [3.8, 4) is 11.5 Å². The van der Waals surface area contributed by atoms with Crippen molar-refractivity contribution in [2.24, 2.45) is 0 Å². The number of hydrogen-bond donors (Lipinski definition) is 1. The largest absolute Gasteiger partial charge is 0.493 e. The van der Waals surface area contributed by atoms with Crippen LogP contribution < -0.4 is 14.8 Å². The van der Waals surface area contributed by atoms with Gasteiger partial charge in [-0.15, -0.1) is 11.3 Å². The van der Waals surface area contributed by atoms with Crippen LogP contribution in [0.5, 0.6) is 11.5 Å². The van der Waals surface area contributed by atoms with Gasteiger partial charge in [-0.3, -0.25) is 0 Å². The van der Waals surface area contributed by atoms with Gasteiger partial charge in [-0.05, 0) is 51.1 Å². The third-order valence-electron chi connectivity index (χ3n) is 3.83. The van der Waals surface area contributed by atoms with Gasteiger partial charge in [0.25, 0.3) is 0 Å². The summed E-state index contributed by atoms with van der Waals surface area (Å²) < 4.78 is 12.4. The Morgan fingerprint density at radius 1 is 1.12 bits per heavy atom. The molecule has 0 saturated carbocycles. The molecule has 3 aromatic rings. The van der Waals surface area contributed by atoms with Crippen molar-refractivity contribution in [2.45, 2.75) is 19.7 Å². The highest BCUT2D eigenvalue weighted by molar-refractivity contribution is 9.10. The maximum absolute atomic E-state index is 6.20. The minimum atomic E-state index is 0.380. The van der Waals surface area contributed by atoms with Crippen LogP contribution in [-0.4, -0.2) is 7.11 Å². The summed E-state index contributed by atoms with van der Waals surface area (Å²) in [7, 11) is 1.65. The molecular formula is C20H19BrClNO2S. The molecule has 2 aromatic carbocycles. The Balaban J connectivity index is 1.67. The molecule has 0 radical (unpaired) electrons. The monoisotopic (exact) mass is 451 g/mol. The summed E-state index contributed by atoms with van der Waals surface area (Å²) in [6.07, 6.45) is 0. The van der Waals surface area contributed by atoms with Crippen molar-refractivity contribution < 1.29 is 9.47 Å². The van der Waals surface area contributed by atoms with Gasteiger partial charge >= 0.3 is 0 Å². The summed E-state index contributed by atoms with van der Waals surface area (Å²) >= 11 is 11.5. The second kappa shape index (κ2) is 9.42. The molecule has 0 unspecified atom stereocenters. The number of hydrogen-bond acceptors (Lipinski definition) is 4. The summed E-state index contributed by atoms with van der Waals surface area (Å²) in [6.45, 7) is 1.98. The molecule has 6 heteroatoms. The summed E-state index contributed by atoms with van der Waals surface area (Å²) in [4.78, 5) is 1.32. The second-order valence-corrected chi connectivity index (χ2v) is 7.97. The molecule has 1 heterocycles. The van der Waals surface area contributed by atoms with Crippen LogP contribution in [0, 0.1) is 0 Å². The van der Waals surface area contributed by atoms with Crippen LogP contribution in [0.1, 0.15) is 16.0 Å². The van der Waals surface area contributed by atoms with Crippen LogP contribution in [0.4, 0.5) is 0 Å². The smallest absolute Gasteiger partial charge is 0.175 e. The first-order chi connectivity index (χ1) is 12.7. The molecule has 0 aliphatic carbocycles. The van der Waals surface area contributed by atoms with Gasteiger partial charge in [0.2, 0.25) is 0 Å². The Kier molecular flexibility index (Phi) is 6.97. The Hall–Kier alpha value is -1.53. The fraction of sp³-hybridized carbons (Fsp3) is 0.200. The van der Waals surface area contributed by atoms with Crippen molar-refractivity contribution in [1.82, 2.24) is 5.32 Å². The average molecular weight is 453 g/mol. The van der Waals surface area contributed by atoms with E-state index in [1.165, 1.54) is 4.88 Å². The molecule has 3 nitrogen and oxygen atoms in total. The SMILES string of the molecule is COc1cc(CNCc2cccs2)cc(Br)c1OCc1ccccc1Cl. The van der Waals surface area contributed by atoms with E-state index in [-0.39, 0.29) is 0 Å². The number of methoxy groups -OCH3 is 1. The molecule has 0 spiro atoms. The zero-order chi connectivity index (χ0) is 18.4. The highest BCUT2D eigenvalue weighted by Crippen LogP contribution is 2.37. The first-order valence-corrected chi connectivity index (χ1v) is 10.2. The van der Waals surface area contributed by atoms with E-state index in [1.807, 2.05) is 36.4 Å². The van der Waals surface area contributed by atoms with E-state index < -0.39 is 0 Å². The van der Waals surface area contributed by atoms with Crippen molar-refractivity contribution in [3.63, 3.8) is 0 Å². The van der Waals surface area contributed by atoms with Gasteiger partial charge in [-0.25, -0.2) is 0 Å². The third kappa shape index (κ3) is 5.01. The van der Waals surface area contributed by atoms with Crippen LogP contribution >= 0.6 is 38.9 Å². The van der Waals surface area contributed by atoms with E-state index in [1.54, 1.807) is 18.4 Å². The normalized spacial score (nSPS) is 10.7. The van der Waals surface area contributed by atoms with Crippen molar-refractivity contribution in [2.75, 3.05) is 7.11 Å². The third-order valence-corrected chi connectivity index (χ3v) is 5.66. The standard InChI is InChI=1S/C20H19BrClNO2S/c1-24-19-10-14(11-23-12-16-6-4-8-26-16)9-17(21)20(19)25-13-15-5-2-3-7-18(15)22/h2-10,23H,11-13H2,1H3. The van der Waals surface area contributed by atoms with E-state index in [2.05, 4.69) is 38.8 Å². The molecule has 1 N–H and O–H groups in total. The summed E-state index contributed by atoms with van der Waals surface area (Å²) in [5.41, 5.74) is 2.06. The molecule has 0 fully saturated rings. The van der Waals surface area contributed by atoms with Crippen molar-refractivity contribution in [3.05, 3.63) is 79.4 Å². The van der Waals surface area contributed by atoms with Crippen LogP contribution in [0.25, 0.3) is 0 Å². The van der Waals surface area contributed by atoms with Gasteiger partial charge in [-0.2, -0.15) is 0 Å². The maximum atomic E-state index is 6.20. The van der Waals surface area contributed by atoms with Gasteiger partial charge in [-0.1, -0.05) is 35.9 Å². The lowest BCUT2D eigenvalue weighted by molar-refractivity contribution is 0.282. The average Bonchev–Trinajstić information content (AvgIpc) is 3.15. The maximum Gasteiger partial charge on any atom is 0.175 e. The number of benzene rings is 2. The second-order valence-electron chi connectivity index (χ2n) is 5.67. The minimum Gasteiger partial charge on any atom is -0.493 e. The summed E-state index contributed by atoms with van der Waals surface area (Å²) in [6, 6.07) is 15.9. The molecule has 0 saturated heterocycles. The summed E-state index contributed by atoms with van der Waals surface area (Å²) in [5, 5.41) is 6.22. The van der Waals surface area contributed by atoms with Crippen LogP contribution in [0.15, 0.2) is 58.4 Å². The first-order valence-electron chi connectivity index (χ1n) is 8.13. The van der Waals surface area contributed by atoms with E-state index in [9.17, 15) is 0 Å². The Labute approximate surface area is 171 Å². The molecular weight excluding hydrogens is 434 g/mol. The molecule has 1 aromatic heterocycles. The van der Waals surface area contributed by atoms with Crippen molar-refractivity contribution in [1.29, 1.82) is 0 Å². The fourth-order valence-corrected chi connectivity index (χ4v) is 3.99. The number of rotatable bonds is 8. The zero-order valence-corrected chi connectivity index (χ0v) is 17.5. The van der Waals surface area contributed by atoms with Gasteiger partial charge in [0.15, 0.2) is 11.5 Å². The van der Waals surface area contributed by atoms with Gasteiger partial charge < -0.3 is 14.8 Å². The van der Waals surface area contributed by atoms with Gasteiger partial charge in [0.1, 0.15) is 6.61 Å². The number of nitrogens with one attached hydrogen (secondary N) is 1. The van der Waals surface area contributed by atoms with E-state index in [4.69, 9.17) is 21.1 Å². The number of halogens is 2. The predicted octanol–water partition coefficient (Wildman–Crippen LogP) is 6.04. The minimum absolute atomic E-state index is 0.380. The molecule has 0 amide bonds. The first kappa shape index (κ1) is 19.2. The van der Waals surface area contributed by atoms with Gasteiger partial charge in [0.05, 0.1) is 11.6 Å². The molecule has 0 atom stereocenters. The number of ether oxygens (including phenoxy) is 2. The lowest BCUT2D eigenvalue weighted by Gasteiger charge is -2.15. The van der Waals surface area contributed by atoms with Crippen LogP contribution in [0.2, 0.25) is 5.02 Å². The highest BCUT2D eigenvalue weighted by Gasteiger charge is 2.13. The molecule has 0 bridgehead atoms.